The number of nitrogens with one attached hydrogen (secondary N) is 1. The number of hydrogen-bond donors (Lipinski definition) is 2. The monoisotopic (exact) mass is 410 g/mol. The number of hydrogen-bond acceptors (Lipinski definition) is 2. The minimum Gasteiger partial charge on any atom is -0.399 e. The Morgan fingerprint density at radius 3 is 2.48 bits per heavy atom. The van der Waals surface area contributed by atoms with E-state index in [9.17, 15) is 4.79 Å². The molecule has 0 saturated heterocycles. The van der Waals surface area contributed by atoms with Crippen LogP contribution in [0.2, 0.25) is 0 Å². The minimum atomic E-state index is -0.135. The lowest BCUT2D eigenvalue weighted by molar-refractivity contribution is 0.0935. The van der Waals surface area contributed by atoms with Gasteiger partial charge in [-0.2, -0.15) is 0 Å². The Kier molecular flexibility index (Phi) is 5.42. The molecule has 0 heterocycles. The summed E-state index contributed by atoms with van der Waals surface area (Å²) in [5.41, 5.74) is 7.94. The lowest BCUT2D eigenvalue weighted by atomic mass is 10.0. The Balaban J connectivity index is 2.20. The zero-order valence-corrected chi connectivity index (χ0v) is 14.7. The van der Waals surface area contributed by atoms with Crippen molar-refractivity contribution in [2.45, 2.75) is 19.4 Å². The molecule has 0 radical (unpaired) electrons. The maximum atomic E-state index is 12.4. The van der Waals surface area contributed by atoms with Gasteiger partial charge in [-0.25, -0.2) is 0 Å². The van der Waals surface area contributed by atoms with Gasteiger partial charge in [0.2, 0.25) is 0 Å². The molecule has 21 heavy (non-hydrogen) atoms. The van der Waals surface area contributed by atoms with Gasteiger partial charge in [-0.15, -0.1) is 0 Å². The van der Waals surface area contributed by atoms with Gasteiger partial charge < -0.3 is 11.1 Å². The summed E-state index contributed by atoms with van der Waals surface area (Å²) in [6.07, 6.45) is 0.813. The first kappa shape index (κ1) is 16.0. The summed E-state index contributed by atoms with van der Waals surface area (Å²) in [6.45, 7) is 2.04. The second kappa shape index (κ2) is 7.09. The van der Waals surface area contributed by atoms with Gasteiger partial charge in [-0.05, 0) is 58.2 Å². The standard InChI is InChI=1S/C16H16Br2N2O/c1-2-15(10-3-5-11(17)6-4-10)20-16(21)13-9-12(19)7-8-14(13)18/h3-9,15H,2,19H2,1H3,(H,20,21). The van der Waals surface area contributed by atoms with E-state index in [-0.39, 0.29) is 11.9 Å². The van der Waals surface area contributed by atoms with Crippen LogP contribution >= 0.6 is 31.9 Å². The van der Waals surface area contributed by atoms with Crippen LogP contribution < -0.4 is 11.1 Å². The molecule has 0 aliphatic heterocycles. The third-order valence-electron chi connectivity index (χ3n) is 3.22. The summed E-state index contributed by atoms with van der Waals surface area (Å²) in [7, 11) is 0. The first-order valence-electron chi connectivity index (χ1n) is 6.62. The molecule has 5 heteroatoms. The van der Waals surface area contributed by atoms with Gasteiger partial charge in [0.05, 0.1) is 11.6 Å². The highest BCUT2D eigenvalue weighted by molar-refractivity contribution is 9.10. The Morgan fingerprint density at radius 2 is 1.86 bits per heavy atom. The van der Waals surface area contributed by atoms with Gasteiger partial charge in [0.15, 0.2) is 0 Å². The van der Waals surface area contributed by atoms with E-state index in [1.807, 2.05) is 31.2 Å². The van der Waals surface area contributed by atoms with E-state index in [4.69, 9.17) is 5.73 Å². The van der Waals surface area contributed by atoms with Crippen LogP contribution in [0.3, 0.4) is 0 Å². The molecule has 1 unspecified atom stereocenters. The number of carbonyl (C=O) groups is 1. The second-order valence-corrected chi connectivity index (χ2v) is 6.50. The summed E-state index contributed by atoms with van der Waals surface area (Å²) in [4.78, 5) is 12.4. The van der Waals surface area contributed by atoms with Crippen molar-refractivity contribution in [3.05, 3.63) is 62.5 Å². The summed E-state index contributed by atoms with van der Waals surface area (Å²) in [5, 5.41) is 3.05. The van der Waals surface area contributed by atoms with Gasteiger partial charge in [-0.3, -0.25) is 4.79 Å². The molecule has 2 aromatic carbocycles. The Morgan fingerprint density at radius 1 is 1.19 bits per heavy atom. The lowest BCUT2D eigenvalue weighted by Gasteiger charge is -2.18. The molecular formula is C16H16Br2N2O. The highest BCUT2D eigenvalue weighted by Gasteiger charge is 2.16. The first-order chi connectivity index (χ1) is 10.0. The first-order valence-corrected chi connectivity index (χ1v) is 8.21. The number of carbonyl (C=O) groups excluding carboxylic acids is 1. The molecule has 0 bridgehead atoms. The number of rotatable bonds is 4. The maximum absolute atomic E-state index is 12.4. The fraction of sp³-hybridized carbons (Fsp3) is 0.188. The van der Waals surface area contributed by atoms with Crippen molar-refractivity contribution in [3.8, 4) is 0 Å². The average molecular weight is 412 g/mol. The zero-order valence-electron chi connectivity index (χ0n) is 11.6. The smallest absolute Gasteiger partial charge is 0.252 e. The number of halogens is 2. The Bertz CT molecular complexity index is 641. The zero-order chi connectivity index (χ0) is 15.4. The molecular weight excluding hydrogens is 396 g/mol. The predicted molar refractivity (Wildman–Crippen MR) is 93.2 cm³/mol. The van der Waals surface area contributed by atoms with Gasteiger partial charge in [0, 0.05) is 14.6 Å². The molecule has 0 fully saturated rings. The van der Waals surface area contributed by atoms with Gasteiger partial charge in [0.25, 0.3) is 5.91 Å². The van der Waals surface area contributed by atoms with Crippen LogP contribution in [0.5, 0.6) is 0 Å². The maximum Gasteiger partial charge on any atom is 0.252 e. The Labute approximate surface area is 141 Å². The number of amides is 1. The van der Waals surface area contributed by atoms with E-state index in [0.29, 0.717) is 11.3 Å². The van der Waals surface area contributed by atoms with Gasteiger partial charge in [0.1, 0.15) is 0 Å². The van der Waals surface area contributed by atoms with Crippen LogP contribution in [0.4, 0.5) is 5.69 Å². The van der Waals surface area contributed by atoms with Crippen molar-refractivity contribution < 1.29 is 4.79 Å². The molecule has 0 spiro atoms. The number of benzene rings is 2. The molecule has 1 atom stereocenters. The van der Waals surface area contributed by atoms with Crippen LogP contribution in [0.1, 0.15) is 35.3 Å². The number of anilines is 1. The van der Waals surface area contributed by atoms with E-state index in [2.05, 4.69) is 37.2 Å². The van der Waals surface area contributed by atoms with Crippen LogP contribution in [-0.4, -0.2) is 5.91 Å². The van der Waals surface area contributed by atoms with E-state index in [1.54, 1.807) is 18.2 Å². The third-order valence-corrected chi connectivity index (χ3v) is 4.44. The van der Waals surface area contributed by atoms with Crippen molar-refractivity contribution in [1.82, 2.24) is 5.32 Å². The van der Waals surface area contributed by atoms with E-state index in [0.717, 1.165) is 20.9 Å². The Hall–Kier alpha value is -1.33. The molecule has 1 amide bonds. The van der Waals surface area contributed by atoms with Crippen molar-refractivity contribution in [2.75, 3.05) is 5.73 Å². The van der Waals surface area contributed by atoms with Crippen LogP contribution in [0.15, 0.2) is 51.4 Å². The number of nitrogens with two attached hydrogens (primary N) is 1. The molecule has 0 aliphatic carbocycles. The minimum absolute atomic E-state index is 0.0288. The van der Waals surface area contributed by atoms with E-state index < -0.39 is 0 Å². The molecule has 0 aromatic heterocycles. The fourth-order valence-corrected chi connectivity index (χ4v) is 2.76. The van der Waals surface area contributed by atoms with Gasteiger partial charge in [-0.1, -0.05) is 35.0 Å². The summed E-state index contributed by atoms with van der Waals surface area (Å²) in [5.74, 6) is -0.135. The molecule has 0 saturated carbocycles. The summed E-state index contributed by atoms with van der Waals surface area (Å²) in [6, 6.07) is 13.1. The lowest BCUT2D eigenvalue weighted by Crippen LogP contribution is -2.28. The molecule has 0 aliphatic rings. The highest BCUT2D eigenvalue weighted by atomic mass is 79.9. The van der Waals surface area contributed by atoms with Crippen LogP contribution in [0.25, 0.3) is 0 Å². The van der Waals surface area contributed by atoms with Crippen LogP contribution in [0, 0.1) is 0 Å². The molecule has 110 valence electrons. The van der Waals surface area contributed by atoms with E-state index in [1.165, 1.54) is 0 Å². The molecule has 3 N–H and O–H groups in total. The average Bonchev–Trinajstić information content (AvgIpc) is 2.48. The molecule has 2 aromatic rings. The molecule has 3 nitrogen and oxygen atoms in total. The highest BCUT2D eigenvalue weighted by Crippen LogP contribution is 2.23. The third kappa shape index (κ3) is 4.08. The number of nitrogen functional groups attached to an aromatic ring is 1. The fourth-order valence-electron chi connectivity index (χ4n) is 2.07. The van der Waals surface area contributed by atoms with Crippen molar-refractivity contribution in [3.63, 3.8) is 0 Å². The van der Waals surface area contributed by atoms with Crippen LogP contribution in [-0.2, 0) is 0 Å². The predicted octanol–water partition coefficient (Wildman–Crippen LogP) is 4.67. The molecule has 2 rings (SSSR count). The SMILES string of the molecule is CCC(NC(=O)c1cc(N)ccc1Br)c1ccc(Br)cc1. The normalized spacial score (nSPS) is 12.0. The van der Waals surface area contributed by atoms with Crippen molar-refractivity contribution in [2.24, 2.45) is 0 Å². The second-order valence-electron chi connectivity index (χ2n) is 4.73. The van der Waals surface area contributed by atoms with Gasteiger partial charge >= 0.3 is 0 Å². The summed E-state index contributed by atoms with van der Waals surface area (Å²) >= 11 is 6.80. The van der Waals surface area contributed by atoms with Crippen molar-refractivity contribution in [1.29, 1.82) is 0 Å². The largest absolute Gasteiger partial charge is 0.399 e. The van der Waals surface area contributed by atoms with Crippen molar-refractivity contribution >= 4 is 43.5 Å². The summed E-state index contributed by atoms with van der Waals surface area (Å²) < 4.78 is 1.76. The quantitative estimate of drug-likeness (QED) is 0.718. The van der Waals surface area contributed by atoms with E-state index >= 15 is 0 Å². The topological polar surface area (TPSA) is 55.1 Å².